The summed E-state index contributed by atoms with van der Waals surface area (Å²) in [6.07, 6.45) is 2.60. The van der Waals surface area contributed by atoms with Gasteiger partial charge in [0.25, 0.3) is 0 Å². The second-order valence-corrected chi connectivity index (χ2v) is 11.5. The second kappa shape index (κ2) is 14.2. The molecule has 1 fully saturated rings. The highest BCUT2D eigenvalue weighted by Crippen LogP contribution is 2.30. The number of piperidine rings is 1. The molecule has 0 aliphatic carbocycles. The Morgan fingerprint density at radius 3 is 2.29 bits per heavy atom. The topological polar surface area (TPSA) is 70.3 Å². The maximum atomic E-state index is 11.3. The van der Waals surface area contributed by atoms with Crippen LogP contribution in [0.2, 0.25) is 0 Å². The number of hydrogen-bond acceptors (Lipinski definition) is 6. The van der Waals surface area contributed by atoms with Crippen molar-refractivity contribution in [3.63, 3.8) is 0 Å². The van der Waals surface area contributed by atoms with E-state index in [1.807, 2.05) is 24.3 Å². The Balaban J connectivity index is 1.23. The first-order valence-electron chi connectivity index (χ1n) is 15.0. The average molecular weight is 560 g/mol. The van der Waals surface area contributed by atoms with E-state index >= 15 is 0 Å². The lowest BCUT2D eigenvalue weighted by Crippen LogP contribution is -2.35. The molecule has 2 heterocycles. The lowest BCUT2D eigenvalue weighted by molar-refractivity contribution is 0.0921. The number of benzene rings is 3. The molecule has 0 amide bonds. The minimum Gasteiger partial charge on any atom is -0.493 e. The lowest BCUT2D eigenvalue weighted by Gasteiger charge is -2.30. The Bertz CT molecular complexity index is 1340. The van der Waals surface area contributed by atoms with Crippen molar-refractivity contribution >= 4 is 21.8 Å². The average Bonchev–Trinajstić information content (AvgIpc) is 3.30. The van der Waals surface area contributed by atoms with Crippen molar-refractivity contribution in [3.8, 4) is 11.5 Å². The van der Waals surface area contributed by atoms with Crippen molar-refractivity contribution < 1.29 is 19.7 Å². The van der Waals surface area contributed by atoms with E-state index in [0.29, 0.717) is 39.2 Å². The van der Waals surface area contributed by atoms with Crippen LogP contribution in [0.25, 0.3) is 21.8 Å². The largest absolute Gasteiger partial charge is 0.493 e. The summed E-state index contributed by atoms with van der Waals surface area (Å²) in [5.41, 5.74) is 3.34. The van der Waals surface area contributed by atoms with Crippen LogP contribution in [0, 0.1) is 5.92 Å². The van der Waals surface area contributed by atoms with Gasteiger partial charge in [0.1, 0.15) is 6.61 Å². The molecule has 0 spiro atoms. The van der Waals surface area contributed by atoms with Gasteiger partial charge < -0.3 is 24.3 Å². The van der Waals surface area contributed by atoms with Gasteiger partial charge in [-0.25, -0.2) is 0 Å². The van der Waals surface area contributed by atoms with Crippen LogP contribution in [0.5, 0.6) is 11.5 Å². The smallest absolute Gasteiger partial charge is 0.161 e. The summed E-state index contributed by atoms with van der Waals surface area (Å²) in [4.78, 5) is 4.69. The number of methoxy groups -OCH3 is 1. The van der Waals surface area contributed by atoms with Gasteiger partial charge in [-0.1, -0.05) is 49.4 Å². The van der Waals surface area contributed by atoms with Crippen LogP contribution in [0.3, 0.4) is 0 Å². The molecule has 1 aliphatic heterocycles. The Labute approximate surface area is 243 Å². The molecule has 1 saturated heterocycles. The van der Waals surface area contributed by atoms with Crippen molar-refractivity contribution in [2.75, 3.05) is 53.0 Å². The fourth-order valence-corrected chi connectivity index (χ4v) is 6.05. The van der Waals surface area contributed by atoms with Gasteiger partial charge in [0.2, 0.25) is 0 Å². The van der Waals surface area contributed by atoms with Gasteiger partial charge in [-0.2, -0.15) is 0 Å². The molecule has 0 bridgehead atoms. The molecule has 7 heteroatoms. The first kappa shape index (κ1) is 29.4. The number of rotatable bonds is 14. The Morgan fingerprint density at radius 1 is 0.951 bits per heavy atom. The first-order chi connectivity index (χ1) is 20.1. The van der Waals surface area contributed by atoms with E-state index in [2.05, 4.69) is 63.8 Å². The Hall–Kier alpha value is -3.10. The number of fused-ring (bicyclic) bond motifs is 3. The van der Waals surface area contributed by atoms with Crippen LogP contribution in [-0.4, -0.2) is 83.7 Å². The highest BCUT2D eigenvalue weighted by molar-refractivity contribution is 6.07. The predicted octanol–water partition coefficient (Wildman–Crippen LogP) is 5.16. The van der Waals surface area contributed by atoms with Gasteiger partial charge in [-0.05, 0) is 68.1 Å². The summed E-state index contributed by atoms with van der Waals surface area (Å²) in [5, 5.41) is 23.2. The number of para-hydroxylation sites is 2. The van der Waals surface area contributed by atoms with Crippen LogP contribution in [-0.2, 0) is 13.1 Å². The molecule has 4 aromatic rings. The van der Waals surface area contributed by atoms with E-state index in [9.17, 15) is 10.2 Å². The van der Waals surface area contributed by atoms with Crippen molar-refractivity contribution in [1.29, 1.82) is 0 Å². The summed E-state index contributed by atoms with van der Waals surface area (Å²) >= 11 is 0. The van der Waals surface area contributed by atoms with Crippen LogP contribution in [0.15, 0.2) is 66.7 Å². The third-order valence-electron chi connectivity index (χ3n) is 8.35. The summed E-state index contributed by atoms with van der Waals surface area (Å²) in [5.74, 6) is 2.31. The predicted molar refractivity (Wildman–Crippen MR) is 166 cm³/mol. The zero-order valence-electron chi connectivity index (χ0n) is 24.5. The molecule has 0 radical (unpaired) electrons. The number of ether oxygens (including phenoxy) is 2. The van der Waals surface area contributed by atoms with Gasteiger partial charge in [-0.3, -0.25) is 9.80 Å². The minimum atomic E-state index is -0.574. The molecule has 1 atom stereocenters. The van der Waals surface area contributed by atoms with Gasteiger partial charge >= 0.3 is 0 Å². The minimum absolute atomic E-state index is 0.117. The zero-order chi connectivity index (χ0) is 28.6. The van der Waals surface area contributed by atoms with Gasteiger partial charge in [0.15, 0.2) is 11.5 Å². The van der Waals surface area contributed by atoms with Crippen LogP contribution in [0.1, 0.15) is 31.7 Å². The van der Waals surface area contributed by atoms with E-state index in [-0.39, 0.29) is 6.61 Å². The SMILES string of the molecule is COc1cc(CN(CCCO)C[C@@H](O)Cn2c3ccccc3c3ccccc32)ccc1OCCN1CCC(C)CC1. The molecule has 7 nitrogen and oxygen atoms in total. The van der Waals surface area contributed by atoms with Crippen molar-refractivity contribution in [1.82, 2.24) is 14.4 Å². The summed E-state index contributed by atoms with van der Waals surface area (Å²) in [6.45, 7) is 8.63. The molecule has 5 rings (SSSR count). The van der Waals surface area contributed by atoms with Crippen LogP contribution >= 0.6 is 0 Å². The van der Waals surface area contributed by atoms with Crippen molar-refractivity contribution in [2.24, 2.45) is 5.92 Å². The zero-order valence-corrected chi connectivity index (χ0v) is 24.5. The number of aromatic nitrogens is 1. The standard InChI is InChI=1S/C34H45N3O4/c1-26-14-17-35(18-15-26)19-21-41-33-13-12-27(22-34(33)40-2)23-36(16-7-20-38)24-28(39)25-37-31-10-5-3-8-29(31)30-9-4-6-11-32(30)37/h3-6,8-13,22,26,28,38-39H,7,14-21,23-25H2,1-2H3/t28-/m1/s1. The van der Waals surface area contributed by atoms with Gasteiger partial charge in [0.05, 0.1) is 19.8 Å². The van der Waals surface area contributed by atoms with Crippen LogP contribution in [0.4, 0.5) is 0 Å². The third-order valence-corrected chi connectivity index (χ3v) is 8.35. The normalized spacial score (nSPS) is 15.6. The quantitative estimate of drug-likeness (QED) is 0.223. The highest BCUT2D eigenvalue weighted by Gasteiger charge is 2.18. The maximum absolute atomic E-state index is 11.3. The van der Waals surface area contributed by atoms with E-state index in [1.165, 1.54) is 23.6 Å². The molecule has 41 heavy (non-hydrogen) atoms. The number of hydrogen-bond donors (Lipinski definition) is 2. The second-order valence-electron chi connectivity index (χ2n) is 11.5. The fourth-order valence-electron chi connectivity index (χ4n) is 6.05. The van der Waals surface area contributed by atoms with E-state index < -0.39 is 6.10 Å². The molecular formula is C34H45N3O4. The number of nitrogens with zero attached hydrogens (tertiary/aromatic N) is 3. The first-order valence-corrected chi connectivity index (χ1v) is 15.0. The summed E-state index contributed by atoms with van der Waals surface area (Å²) in [6, 6.07) is 22.8. The maximum Gasteiger partial charge on any atom is 0.161 e. The van der Waals surface area contributed by atoms with Gasteiger partial charge in [-0.15, -0.1) is 0 Å². The fraction of sp³-hybridized carbons (Fsp3) is 0.471. The number of likely N-dealkylation sites (tertiary alicyclic amines) is 1. The van der Waals surface area contributed by atoms with Gasteiger partial charge in [0, 0.05) is 54.6 Å². The molecule has 1 aliphatic rings. The monoisotopic (exact) mass is 559 g/mol. The summed E-state index contributed by atoms with van der Waals surface area (Å²) in [7, 11) is 1.68. The number of aliphatic hydroxyl groups is 2. The molecule has 3 aromatic carbocycles. The van der Waals surface area contributed by atoms with E-state index in [0.717, 1.165) is 53.6 Å². The van der Waals surface area contributed by atoms with E-state index in [4.69, 9.17) is 9.47 Å². The summed E-state index contributed by atoms with van der Waals surface area (Å²) < 4.78 is 14.0. The van der Waals surface area contributed by atoms with Crippen molar-refractivity contribution in [3.05, 3.63) is 72.3 Å². The van der Waals surface area contributed by atoms with Crippen LogP contribution < -0.4 is 9.47 Å². The molecule has 2 N–H and O–H groups in total. The third kappa shape index (κ3) is 7.41. The Kier molecular flexibility index (Phi) is 10.2. The van der Waals surface area contributed by atoms with Crippen molar-refractivity contribution in [2.45, 2.75) is 45.4 Å². The molecular weight excluding hydrogens is 514 g/mol. The number of aliphatic hydroxyl groups excluding tert-OH is 2. The molecule has 220 valence electrons. The molecule has 1 aromatic heterocycles. The lowest BCUT2D eigenvalue weighted by atomic mass is 9.99. The molecule has 0 saturated carbocycles. The molecule has 0 unspecified atom stereocenters. The Morgan fingerprint density at radius 2 is 1.63 bits per heavy atom. The highest BCUT2D eigenvalue weighted by atomic mass is 16.5. The van der Waals surface area contributed by atoms with E-state index in [1.54, 1.807) is 7.11 Å².